The zero-order valence-electron chi connectivity index (χ0n) is 14.4. The van der Waals surface area contributed by atoms with Crippen molar-refractivity contribution in [1.29, 1.82) is 0 Å². The van der Waals surface area contributed by atoms with Crippen LogP contribution in [0, 0.1) is 11.7 Å². The minimum Gasteiger partial charge on any atom is -0.493 e. The molecule has 3 atom stereocenters. The van der Waals surface area contributed by atoms with Crippen LogP contribution >= 0.6 is 0 Å². The van der Waals surface area contributed by atoms with Crippen LogP contribution < -0.4 is 14.8 Å². The van der Waals surface area contributed by atoms with Gasteiger partial charge in [0.25, 0.3) is 0 Å². The van der Waals surface area contributed by atoms with E-state index in [0.717, 1.165) is 35.4 Å². The summed E-state index contributed by atoms with van der Waals surface area (Å²) in [6.07, 6.45) is 1.90. The van der Waals surface area contributed by atoms with E-state index in [1.54, 1.807) is 26.4 Å². The summed E-state index contributed by atoms with van der Waals surface area (Å²) >= 11 is 0. The van der Waals surface area contributed by atoms with Gasteiger partial charge in [0.05, 0.1) is 26.4 Å². The van der Waals surface area contributed by atoms with E-state index in [9.17, 15) is 4.39 Å². The van der Waals surface area contributed by atoms with Gasteiger partial charge in [0.2, 0.25) is 0 Å². The van der Waals surface area contributed by atoms with Gasteiger partial charge in [0, 0.05) is 29.3 Å². The van der Waals surface area contributed by atoms with Crippen LogP contribution in [0.2, 0.25) is 0 Å². The van der Waals surface area contributed by atoms with E-state index in [0.29, 0.717) is 12.4 Å². The molecule has 0 radical (unpaired) electrons. The number of fused-ring (bicyclic) bond motifs is 3. The molecular formula is C20H22FNO3. The molecule has 2 aromatic rings. The fraction of sp³-hybridized carbons (Fsp3) is 0.400. The summed E-state index contributed by atoms with van der Waals surface area (Å²) in [5.74, 6) is 1.42. The number of hydrogen-bond donors (Lipinski definition) is 1. The number of benzene rings is 2. The van der Waals surface area contributed by atoms with Crippen LogP contribution in [0.5, 0.6) is 11.5 Å². The molecule has 1 N–H and O–H groups in total. The zero-order chi connectivity index (χ0) is 17.4. The Balaban J connectivity index is 1.82. The number of methoxy groups -OCH3 is 2. The summed E-state index contributed by atoms with van der Waals surface area (Å²) in [6.45, 7) is 0.707. The second-order valence-electron chi connectivity index (χ2n) is 6.53. The first-order chi connectivity index (χ1) is 12.2. The van der Waals surface area contributed by atoms with Gasteiger partial charge in [-0.05, 0) is 37.1 Å². The normalized spacial score (nSPS) is 24.7. The molecule has 0 aliphatic carbocycles. The smallest absolute Gasteiger partial charge is 0.165 e. The number of halogens is 1. The molecule has 5 heteroatoms. The van der Waals surface area contributed by atoms with E-state index in [-0.39, 0.29) is 23.9 Å². The lowest BCUT2D eigenvalue weighted by atomic mass is 9.77. The van der Waals surface area contributed by atoms with Crippen LogP contribution in [0.1, 0.15) is 36.1 Å². The third-order valence-corrected chi connectivity index (χ3v) is 5.20. The van der Waals surface area contributed by atoms with Gasteiger partial charge in [0.15, 0.2) is 11.5 Å². The van der Waals surface area contributed by atoms with Gasteiger partial charge in [-0.3, -0.25) is 0 Å². The van der Waals surface area contributed by atoms with Gasteiger partial charge in [-0.1, -0.05) is 12.1 Å². The SMILES string of the molecule is COc1cccc(C2Nc3ccc(F)cc3[C@H]3OCCC[C@@H]23)c1OC. The molecule has 0 spiro atoms. The summed E-state index contributed by atoms with van der Waals surface area (Å²) in [6, 6.07) is 10.8. The molecule has 2 aliphatic heterocycles. The molecule has 2 heterocycles. The maximum absolute atomic E-state index is 13.8. The molecule has 132 valence electrons. The molecule has 2 aliphatic rings. The lowest BCUT2D eigenvalue weighted by Crippen LogP contribution is -2.36. The molecule has 0 bridgehead atoms. The first-order valence-corrected chi connectivity index (χ1v) is 8.61. The quantitative estimate of drug-likeness (QED) is 0.892. The maximum Gasteiger partial charge on any atom is 0.165 e. The molecule has 2 aromatic carbocycles. The Morgan fingerprint density at radius 3 is 2.80 bits per heavy atom. The number of rotatable bonds is 3. The Morgan fingerprint density at radius 2 is 2.00 bits per heavy atom. The third-order valence-electron chi connectivity index (χ3n) is 5.20. The summed E-state index contributed by atoms with van der Waals surface area (Å²) < 4.78 is 30.9. The van der Waals surface area contributed by atoms with E-state index in [1.165, 1.54) is 6.07 Å². The van der Waals surface area contributed by atoms with Gasteiger partial charge < -0.3 is 19.5 Å². The van der Waals surface area contributed by atoms with Crippen molar-refractivity contribution in [1.82, 2.24) is 0 Å². The van der Waals surface area contributed by atoms with Crippen LogP contribution in [-0.4, -0.2) is 20.8 Å². The maximum atomic E-state index is 13.8. The fourth-order valence-corrected chi connectivity index (χ4v) is 4.11. The van der Waals surface area contributed by atoms with Crippen LogP contribution in [-0.2, 0) is 4.74 Å². The van der Waals surface area contributed by atoms with Crippen molar-refractivity contribution in [2.45, 2.75) is 25.0 Å². The predicted octanol–water partition coefficient (Wildman–Crippen LogP) is 4.48. The minimum absolute atomic E-state index is 0.0216. The lowest BCUT2D eigenvalue weighted by molar-refractivity contribution is -0.0384. The fourth-order valence-electron chi connectivity index (χ4n) is 4.11. The highest BCUT2D eigenvalue weighted by Crippen LogP contribution is 2.51. The molecular weight excluding hydrogens is 321 g/mol. The summed E-state index contributed by atoms with van der Waals surface area (Å²) in [4.78, 5) is 0. The standard InChI is InChI=1S/C20H22FNO3/c1-23-17-7-3-5-14(20(17)24-2)18-13-6-4-10-25-19(13)15-11-12(21)8-9-16(15)22-18/h3,5,7-9,11,13,18-19,22H,4,6,10H2,1-2H3/t13-,18?,19-/m0/s1. The van der Waals surface area contributed by atoms with E-state index in [2.05, 4.69) is 11.4 Å². The number of hydrogen-bond acceptors (Lipinski definition) is 4. The molecule has 0 saturated carbocycles. The Kier molecular flexibility index (Phi) is 4.25. The highest BCUT2D eigenvalue weighted by atomic mass is 19.1. The largest absolute Gasteiger partial charge is 0.493 e. The van der Waals surface area contributed by atoms with E-state index >= 15 is 0 Å². The molecule has 0 aromatic heterocycles. The van der Waals surface area contributed by atoms with Gasteiger partial charge >= 0.3 is 0 Å². The summed E-state index contributed by atoms with van der Waals surface area (Å²) in [7, 11) is 3.29. The molecule has 25 heavy (non-hydrogen) atoms. The van der Waals surface area contributed by atoms with Crippen molar-refractivity contribution in [3.8, 4) is 11.5 Å². The van der Waals surface area contributed by atoms with Crippen molar-refractivity contribution in [3.63, 3.8) is 0 Å². The van der Waals surface area contributed by atoms with E-state index in [1.807, 2.05) is 12.1 Å². The predicted molar refractivity (Wildman–Crippen MR) is 93.7 cm³/mol. The van der Waals surface area contributed by atoms with Gasteiger partial charge in [0.1, 0.15) is 5.82 Å². The second-order valence-corrected chi connectivity index (χ2v) is 6.53. The molecule has 1 saturated heterocycles. The third kappa shape index (κ3) is 2.72. The van der Waals surface area contributed by atoms with Crippen molar-refractivity contribution >= 4 is 5.69 Å². The topological polar surface area (TPSA) is 39.7 Å². The van der Waals surface area contributed by atoms with E-state index in [4.69, 9.17) is 14.2 Å². The Bertz CT molecular complexity index is 780. The average molecular weight is 343 g/mol. The van der Waals surface area contributed by atoms with Crippen molar-refractivity contribution in [3.05, 3.63) is 53.3 Å². The molecule has 1 unspecified atom stereocenters. The van der Waals surface area contributed by atoms with E-state index < -0.39 is 0 Å². The minimum atomic E-state index is -0.231. The number of anilines is 1. The molecule has 4 nitrogen and oxygen atoms in total. The average Bonchev–Trinajstić information content (AvgIpc) is 2.66. The van der Waals surface area contributed by atoms with Gasteiger partial charge in [-0.2, -0.15) is 0 Å². The first kappa shape index (κ1) is 16.2. The summed E-state index contributed by atoms with van der Waals surface area (Å²) in [5, 5.41) is 3.58. The van der Waals surface area contributed by atoms with Crippen LogP contribution in [0.25, 0.3) is 0 Å². The van der Waals surface area contributed by atoms with Gasteiger partial charge in [-0.15, -0.1) is 0 Å². The highest BCUT2D eigenvalue weighted by Gasteiger charge is 2.41. The van der Waals surface area contributed by atoms with Crippen molar-refractivity contribution < 1.29 is 18.6 Å². The number of ether oxygens (including phenoxy) is 3. The van der Waals surface area contributed by atoms with Gasteiger partial charge in [-0.25, -0.2) is 4.39 Å². The van der Waals surface area contributed by atoms with Crippen molar-refractivity contribution in [2.75, 3.05) is 26.1 Å². The first-order valence-electron chi connectivity index (χ1n) is 8.61. The number of nitrogens with one attached hydrogen (secondary N) is 1. The highest BCUT2D eigenvalue weighted by molar-refractivity contribution is 5.59. The molecule has 4 rings (SSSR count). The molecule has 1 fully saturated rings. The van der Waals surface area contributed by atoms with Crippen molar-refractivity contribution in [2.24, 2.45) is 5.92 Å². The van der Waals surface area contributed by atoms with Crippen LogP contribution in [0.3, 0.4) is 0 Å². The van der Waals surface area contributed by atoms with Crippen LogP contribution in [0.4, 0.5) is 10.1 Å². The lowest BCUT2D eigenvalue weighted by Gasteiger charge is -2.43. The zero-order valence-corrected chi connectivity index (χ0v) is 14.4. The van der Waals surface area contributed by atoms with Crippen LogP contribution in [0.15, 0.2) is 36.4 Å². The molecule has 0 amide bonds. The Hall–Kier alpha value is -2.27. The second kappa shape index (κ2) is 6.56. The summed E-state index contributed by atoms with van der Waals surface area (Å²) in [5.41, 5.74) is 2.86. The monoisotopic (exact) mass is 343 g/mol. The Morgan fingerprint density at radius 1 is 1.12 bits per heavy atom. The number of para-hydroxylation sites is 1. The Labute approximate surface area is 146 Å².